The molecule has 7 heteroatoms. The summed E-state index contributed by atoms with van der Waals surface area (Å²) < 4.78 is 12.7. The second-order valence-electron chi connectivity index (χ2n) is 5.93. The van der Waals surface area contributed by atoms with Crippen molar-refractivity contribution in [3.63, 3.8) is 0 Å². The molecule has 0 bridgehead atoms. The first-order valence-corrected chi connectivity index (χ1v) is 8.67. The third kappa shape index (κ3) is 2.34. The second-order valence-corrected chi connectivity index (χ2v) is 6.77. The van der Waals surface area contributed by atoms with Crippen molar-refractivity contribution >= 4 is 29.0 Å². The van der Waals surface area contributed by atoms with E-state index in [4.69, 9.17) is 37.8 Å². The molecule has 5 nitrogen and oxygen atoms in total. The van der Waals surface area contributed by atoms with Gasteiger partial charge in [0.25, 0.3) is 0 Å². The maximum atomic E-state index is 6.38. The minimum absolute atomic E-state index is 0.255. The van der Waals surface area contributed by atoms with Gasteiger partial charge in [0.1, 0.15) is 5.82 Å². The number of rotatable bonds is 2. The molecular weight excluding hydrogens is 361 g/mol. The molecule has 2 aromatic carbocycles. The zero-order chi connectivity index (χ0) is 17.0. The summed E-state index contributed by atoms with van der Waals surface area (Å²) in [7, 11) is 0. The molecule has 0 spiro atoms. The summed E-state index contributed by atoms with van der Waals surface area (Å²) in [6, 6.07) is 11.2. The van der Waals surface area contributed by atoms with Gasteiger partial charge in [-0.1, -0.05) is 23.2 Å². The second kappa shape index (κ2) is 5.58. The first-order valence-electron chi connectivity index (χ1n) is 7.92. The summed E-state index contributed by atoms with van der Waals surface area (Å²) in [5, 5.41) is 9.43. The van der Waals surface area contributed by atoms with Crippen LogP contribution in [0.5, 0.6) is 11.5 Å². The smallest absolute Gasteiger partial charge is 0.231 e. The van der Waals surface area contributed by atoms with E-state index in [2.05, 4.69) is 5.32 Å². The number of anilines is 1. The Morgan fingerprint density at radius 3 is 2.84 bits per heavy atom. The minimum atomic E-state index is 0.255. The molecule has 0 unspecified atom stereocenters. The topological polar surface area (TPSA) is 48.3 Å². The van der Waals surface area contributed by atoms with Gasteiger partial charge in [-0.15, -0.1) is 0 Å². The summed E-state index contributed by atoms with van der Waals surface area (Å²) >= 11 is 12.5. The monoisotopic (exact) mass is 373 g/mol. The van der Waals surface area contributed by atoms with Gasteiger partial charge in [0.2, 0.25) is 6.79 Å². The van der Waals surface area contributed by atoms with E-state index in [1.807, 2.05) is 28.9 Å². The van der Waals surface area contributed by atoms with Gasteiger partial charge in [0.15, 0.2) is 11.5 Å². The molecule has 1 N–H and O–H groups in total. The van der Waals surface area contributed by atoms with Crippen molar-refractivity contribution in [2.24, 2.45) is 0 Å². The molecule has 0 fully saturated rings. The van der Waals surface area contributed by atoms with Crippen LogP contribution in [0.25, 0.3) is 16.9 Å². The van der Waals surface area contributed by atoms with E-state index in [0.29, 0.717) is 10.0 Å². The van der Waals surface area contributed by atoms with Crippen LogP contribution in [-0.2, 0) is 6.42 Å². The van der Waals surface area contributed by atoms with Gasteiger partial charge in [-0.3, -0.25) is 0 Å². The lowest BCUT2D eigenvalue weighted by molar-refractivity contribution is 0.174. The lowest BCUT2D eigenvalue weighted by Gasteiger charge is -2.09. The Balaban J connectivity index is 1.69. The quantitative estimate of drug-likeness (QED) is 0.715. The Hall–Kier alpha value is -2.37. The maximum Gasteiger partial charge on any atom is 0.231 e. The van der Waals surface area contributed by atoms with Crippen LogP contribution in [-0.4, -0.2) is 23.1 Å². The Kier molecular flexibility index (Phi) is 3.33. The highest BCUT2D eigenvalue weighted by molar-refractivity contribution is 6.34. The summed E-state index contributed by atoms with van der Waals surface area (Å²) in [4.78, 5) is 0. The number of hydrogen-bond donors (Lipinski definition) is 1. The van der Waals surface area contributed by atoms with Gasteiger partial charge in [-0.05, 0) is 42.8 Å². The van der Waals surface area contributed by atoms with Crippen LogP contribution in [0.2, 0.25) is 10.0 Å². The maximum absolute atomic E-state index is 6.38. The van der Waals surface area contributed by atoms with Crippen LogP contribution in [0.3, 0.4) is 0 Å². The van der Waals surface area contributed by atoms with Crippen molar-refractivity contribution in [2.75, 3.05) is 18.7 Å². The van der Waals surface area contributed by atoms with E-state index in [-0.39, 0.29) is 6.79 Å². The van der Waals surface area contributed by atoms with Gasteiger partial charge in [-0.25, -0.2) is 4.68 Å². The highest BCUT2D eigenvalue weighted by atomic mass is 35.5. The average molecular weight is 374 g/mol. The first kappa shape index (κ1) is 14.9. The molecule has 126 valence electrons. The zero-order valence-corrected chi connectivity index (χ0v) is 14.6. The normalized spacial score (nSPS) is 14.5. The minimum Gasteiger partial charge on any atom is -0.454 e. The highest BCUT2D eigenvalue weighted by Crippen LogP contribution is 2.40. The van der Waals surface area contributed by atoms with Crippen LogP contribution in [0.15, 0.2) is 36.4 Å². The predicted molar refractivity (Wildman–Crippen MR) is 97.3 cm³/mol. The molecule has 0 atom stereocenters. The molecular formula is C18H13Cl2N3O2. The number of ether oxygens (including phenoxy) is 2. The molecule has 3 aromatic rings. The van der Waals surface area contributed by atoms with Crippen LogP contribution >= 0.6 is 23.2 Å². The third-order valence-electron chi connectivity index (χ3n) is 4.43. The number of fused-ring (bicyclic) bond motifs is 2. The largest absolute Gasteiger partial charge is 0.454 e. The number of aromatic nitrogens is 2. The van der Waals surface area contributed by atoms with Crippen molar-refractivity contribution in [3.05, 3.63) is 52.0 Å². The molecule has 1 aromatic heterocycles. The van der Waals surface area contributed by atoms with Crippen molar-refractivity contribution in [1.29, 1.82) is 0 Å². The number of nitrogens with zero attached hydrogens (tertiary/aromatic N) is 2. The molecule has 0 radical (unpaired) electrons. The Morgan fingerprint density at radius 1 is 1.04 bits per heavy atom. The fraction of sp³-hybridized carbons (Fsp3) is 0.167. The standard InChI is InChI=1S/C18H13Cl2N3O2/c19-11-2-3-13(20)14(8-11)23-18-12(5-6-21-18)17(22-23)10-1-4-15-16(7-10)25-9-24-15/h1-4,7-8,21H,5-6,9H2. The predicted octanol–water partition coefficient (Wildman–Crippen LogP) is 4.54. The summed E-state index contributed by atoms with van der Waals surface area (Å²) in [5.41, 5.74) is 3.82. The summed E-state index contributed by atoms with van der Waals surface area (Å²) in [5.74, 6) is 2.46. The molecule has 3 heterocycles. The molecule has 2 aliphatic rings. The van der Waals surface area contributed by atoms with Gasteiger partial charge in [-0.2, -0.15) is 5.10 Å². The SMILES string of the molecule is Clc1ccc(Cl)c(-n2nc(-c3ccc4c(c3)OCO4)c3c2NCC3)c1. The van der Waals surface area contributed by atoms with E-state index in [1.54, 1.807) is 12.1 Å². The van der Waals surface area contributed by atoms with E-state index >= 15 is 0 Å². The Bertz CT molecular complexity index is 1000. The van der Waals surface area contributed by atoms with Gasteiger partial charge >= 0.3 is 0 Å². The molecule has 25 heavy (non-hydrogen) atoms. The summed E-state index contributed by atoms with van der Waals surface area (Å²) in [6.45, 7) is 1.12. The molecule has 5 rings (SSSR count). The van der Waals surface area contributed by atoms with Crippen LogP contribution < -0.4 is 14.8 Å². The number of halogens is 2. The van der Waals surface area contributed by atoms with Crippen molar-refractivity contribution in [2.45, 2.75) is 6.42 Å². The lowest BCUT2D eigenvalue weighted by Crippen LogP contribution is -2.04. The van der Waals surface area contributed by atoms with Crippen LogP contribution in [0, 0.1) is 0 Å². The highest BCUT2D eigenvalue weighted by Gasteiger charge is 2.26. The third-order valence-corrected chi connectivity index (χ3v) is 4.99. The summed E-state index contributed by atoms with van der Waals surface area (Å²) in [6.07, 6.45) is 0.900. The number of hydrogen-bond acceptors (Lipinski definition) is 4. The van der Waals surface area contributed by atoms with Crippen LogP contribution in [0.1, 0.15) is 5.56 Å². The molecule has 0 saturated heterocycles. The van der Waals surface area contributed by atoms with Gasteiger partial charge in [0.05, 0.1) is 16.4 Å². The molecule has 0 saturated carbocycles. The number of nitrogens with one attached hydrogen (secondary N) is 1. The van der Waals surface area contributed by atoms with E-state index in [9.17, 15) is 0 Å². The zero-order valence-electron chi connectivity index (χ0n) is 13.1. The average Bonchev–Trinajstić information content (AvgIpc) is 3.31. The lowest BCUT2D eigenvalue weighted by atomic mass is 10.1. The van der Waals surface area contributed by atoms with E-state index in [0.717, 1.165) is 52.8 Å². The molecule has 0 aliphatic carbocycles. The van der Waals surface area contributed by atoms with Gasteiger partial charge in [0, 0.05) is 22.7 Å². The Labute approximate surface area is 154 Å². The fourth-order valence-corrected chi connectivity index (χ4v) is 3.64. The van der Waals surface area contributed by atoms with Gasteiger partial charge < -0.3 is 14.8 Å². The van der Waals surface area contributed by atoms with E-state index in [1.165, 1.54) is 0 Å². The fourth-order valence-electron chi connectivity index (χ4n) is 3.27. The van der Waals surface area contributed by atoms with E-state index < -0.39 is 0 Å². The number of benzene rings is 2. The van der Waals surface area contributed by atoms with Crippen molar-refractivity contribution < 1.29 is 9.47 Å². The molecule has 0 amide bonds. The molecule has 2 aliphatic heterocycles. The van der Waals surface area contributed by atoms with Crippen molar-refractivity contribution in [1.82, 2.24) is 9.78 Å². The van der Waals surface area contributed by atoms with Crippen LogP contribution in [0.4, 0.5) is 5.82 Å². The Morgan fingerprint density at radius 2 is 1.92 bits per heavy atom. The van der Waals surface area contributed by atoms with Crippen molar-refractivity contribution in [3.8, 4) is 28.4 Å². The first-order chi connectivity index (χ1) is 12.2.